The second kappa shape index (κ2) is 10.5. The summed E-state index contributed by atoms with van der Waals surface area (Å²) >= 11 is 0. The van der Waals surface area contributed by atoms with E-state index in [1.54, 1.807) is 0 Å². The Hall–Kier alpha value is -6.13. The smallest absolute Gasteiger partial charge is 0.215 e. The molecule has 0 bridgehead atoms. The van der Waals surface area contributed by atoms with E-state index >= 15 is 0 Å². The van der Waals surface area contributed by atoms with Gasteiger partial charge in [-0.3, -0.25) is 9.47 Å². The van der Waals surface area contributed by atoms with Gasteiger partial charge in [0.15, 0.2) is 0 Å². The molecule has 0 fully saturated rings. The number of para-hydroxylation sites is 3. The second-order valence-electron chi connectivity index (χ2n) is 11.7. The minimum absolute atomic E-state index is 0.530. The van der Waals surface area contributed by atoms with Gasteiger partial charge in [-0.1, -0.05) is 122 Å². The molecule has 0 unspecified atom stereocenters. The second-order valence-corrected chi connectivity index (χ2v) is 11.7. The van der Waals surface area contributed by atoms with E-state index in [2.05, 4.69) is 160 Å². The Morgan fingerprint density at radius 2 is 1.20 bits per heavy atom. The highest BCUT2D eigenvalue weighted by atomic mass is 15.3. The summed E-state index contributed by atoms with van der Waals surface area (Å²) in [5, 5.41) is 7.26. The molecule has 46 heavy (non-hydrogen) atoms. The predicted molar refractivity (Wildman–Crippen MR) is 195 cm³/mol. The molecule has 0 spiro atoms. The quantitative estimate of drug-likeness (QED) is 0.197. The summed E-state index contributed by atoms with van der Waals surface area (Å²) in [5.74, 6) is 0.806. The van der Waals surface area contributed by atoms with Crippen molar-refractivity contribution in [2.45, 2.75) is 0 Å². The van der Waals surface area contributed by atoms with Gasteiger partial charge in [0.05, 0.1) is 28.6 Å². The van der Waals surface area contributed by atoms with Gasteiger partial charge >= 0.3 is 0 Å². The Bertz CT molecular complexity index is 2560. The zero-order valence-electron chi connectivity index (χ0n) is 25.2. The van der Waals surface area contributed by atoms with Crippen LogP contribution in [0.3, 0.4) is 0 Å². The Balaban J connectivity index is 1.53. The van der Waals surface area contributed by atoms with Gasteiger partial charge in [0.1, 0.15) is 0 Å². The van der Waals surface area contributed by atoms with Crippen LogP contribution in [0, 0.1) is 0 Å². The van der Waals surface area contributed by atoms with Crippen LogP contribution in [0.1, 0.15) is 0 Å². The molecule has 0 saturated carbocycles. The van der Waals surface area contributed by atoms with Crippen LogP contribution in [0.4, 0.5) is 5.69 Å². The third-order valence-electron chi connectivity index (χ3n) is 9.04. The highest BCUT2D eigenvalue weighted by Gasteiger charge is 2.27. The van der Waals surface area contributed by atoms with Crippen molar-refractivity contribution < 1.29 is 0 Å². The molecule has 218 valence electrons. The molecule has 0 N–H and O–H groups in total. The van der Waals surface area contributed by atoms with E-state index in [4.69, 9.17) is 4.99 Å². The van der Waals surface area contributed by atoms with Gasteiger partial charge in [-0.2, -0.15) is 0 Å². The van der Waals surface area contributed by atoms with E-state index in [9.17, 15) is 0 Å². The third kappa shape index (κ3) is 3.90. The van der Waals surface area contributed by atoms with Crippen molar-refractivity contribution in [2.75, 3.05) is 11.4 Å². The van der Waals surface area contributed by atoms with Crippen LogP contribution in [0.25, 0.3) is 60.1 Å². The van der Waals surface area contributed by atoms with E-state index in [1.165, 1.54) is 37.8 Å². The Labute approximate surface area is 266 Å². The molecule has 4 nitrogen and oxygen atoms in total. The van der Waals surface area contributed by atoms with Crippen molar-refractivity contribution in [3.8, 4) is 5.69 Å². The van der Waals surface area contributed by atoms with Gasteiger partial charge in [0.2, 0.25) is 5.96 Å². The number of aliphatic imine (C=N–C) groups is 1. The number of allylic oxidation sites excluding steroid dienone is 3. The fourth-order valence-corrected chi connectivity index (χ4v) is 7.11. The molecule has 0 saturated heterocycles. The number of nitrogens with zero attached hydrogens (tertiary/aromatic N) is 4. The van der Waals surface area contributed by atoms with Gasteiger partial charge in [0, 0.05) is 38.6 Å². The van der Waals surface area contributed by atoms with Gasteiger partial charge in [-0.15, -0.1) is 0 Å². The lowest BCUT2D eigenvalue weighted by molar-refractivity contribution is 1.09. The van der Waals surface area contributed by atoms with E-state index in [0.717, 1.165) is 39.6 Å². The Morgan fingerprint density at radius 3 is 2.02 bits per heavy atom. The number of anilines is 1. The molecule has 0 aliphatic carbocycles. The van der Waals surface area contributed by atoms with Crippen molar-refractivity contribution >= 4 is 66.0 Å². The largest absolute Gasteiger partial charge is 0.307 e. The fraction of sp³-hybridized carbons (Fsp3) is 0.0238. The summed E-state index contributed by atoms with van der Waals surface area (Å²) < 4.78 is 4.80. The highest BCUT2D eigenvalue weighted by Crippen LogP contribution is 2.43. The molecular weight excluding hydrogens is 560 g/mol. The number of hydrogen-bond acceptors (Lipinski definition) is 2. The molecule has 8 aromatic rings. The number of aromatic nitrogens is 2. The van der Waals surface area contributed by atoms with Crippen LogP contribution in [0.15, 0.2) is 175 Å². The van der Waals surface area contributed by atoms with Crippen molar-refractivity contribution in [1.82, 2.24) is 9.13 Å². The lowest BCUT2D eigenvalue weighted by Crippen LogP contribution is -2.35. The normalized spacial score (nSPS) is 15.3. The van der Waals surface area contributed by atoms with E-state index in [0.29, 0.717) is 6.54 Å². The average Bonchev–Trinajstić information content (AvgIpc) is 3.65. The number of hydrogen-bond donors (Lipinski definition) is 0. The first-order valence-corrected chi connectivity index (χ1v) is 15.7. The average molecular weight is 591 g/mol. The topological polar surface area (TPSA) is 25.5 Å². The molecule has 2 aromatic heterocycles. The van der Waals surface area contributed by atoms with Gasteiger partial charge in [-0.25, -0.2) is 4.99 Å². The van der Waals surface area contributed by atoms with E-state index < -0.39 is 0 Å². The monoisotopic (exact) mass is 590 g/mol. The summed E-state index contributed by atoms with van der Waals surface area (Å²) in [5.41, 5.74) is 7.50. The maximum absolute atomic E-state index is 5.35. The molecular formula is C42H30N4. The summed E-state index contributed by atoms with van der Waals surface area (Å²) in [6.45, 7) is 5.08. The minimum atomic E-state index is 0.530. The molecule has 1 aliphatic heterocycles. The minimum Gasteiger partial charge on any atom is -0.307 e. The van der Waals surface area contributed by atoms with E-state index in [-0.39, 0.29) is 0 Å². The molecule has 3 heterocycles. The van der Waals surface area contributed by atoms with Crippen LogP contribution in [0.2, 0.25) is 0 Å². The fourth-order valence-electron chi connectivity index (χ4n) is 7.11. The van der Waals surface area contributed by atoms with Crippen LogP contribution in [-0.4, -0.2) is 21.6 Å². The number of rotatable bonds is 2. The highest BCUT2D eigenvalue weighted by molar-refractivity contribution is 6.31. The van der Waals surface area contributed by atoms with Crippen molar-refractivity contribution in [3.63, 3.8) is 0 Å². The van der Waals surface area contributed by atoms with Gasteiger partial charge < -0.3 is 4.57 Å². The molecule has 0 atom stereocenters. The summed E-state index contributed by atoms with van der Waals surface area (Å²) in [7, 11) is 0. The first-order chi connectivity index (χ1) is 22.8. The van der Waals surface area contributed by atoms with Crippen molar-refractivity contribution in [2.24, 2.45) is 4.99 Å². The van der Waals surface area contributed by atoms with Crippen LogP contribution in [-0.2, 0) is 0 Å². The lowest BCUT2D eigenvalue weighted by atomic mass is 10.0. The third-order valence-corrected chi connectivity index (χ3v) is 9.04. The zero-order valence-corrected chi connectivity index (χ0v) is 25.2. The van der Waals surface area contributed by atoms with Crippen molar-refractivity contribution in [1.29, 1.82) is 0 Å². The lowest BCUT2D eigenvalue weighted by Gasteiger charge is -2.28. The number of benzene rings is 6. The summed E-state index contributed by atoms with van der Waals surface area (Å²) in [6, 6.07) is 47.6. The van der Waals surface area contributed by atoms with Gasteiger partial charge in [0.25, 0.3) is 0 Å². The van der Waals surface area contributed by atoms with Crippen molar-refractivity contribution in [3.05, 3.63) is 170 Å². The molecule has 4 heteroatoms. The molecule has 9 rings (SSSR count). The first-order valence-electron chi connectivity index (χ1n) is 15.7. The SMILES string of the molecule is C=C1/C=C\C=C/CN=C(n2c3ccc4ccccc4c3c3ccc4c5ccccc5n(-c5ccccc5)c4c32)N1c1ccccc1. The summed E-state index contributed by atoms with van der Waals surface area (Å²) in [4.78, 5) is 7.53. The Morgan fingerprint density at radius 1 is 0.522 bits per heavy atom. The van der Waals surface area contributed by atoms with E-state index in [1.807, 2.05) is 18.2 Å². The molecule has 0 radical (unpaired) electrons. The Kier molecular flexibility index (Phi) is 6.00. The van der Waals surface area contributed by atoms with Gasteiger partial charge in [-0.05, 0) is 53.2 Å². The maximum atomic E-state index is 5.35. The first kappa shape index (κ1) is 26.3. The summed E-state index contributed by atoms with van der Waals surface area (Å²) in [6.07, 6.45) is 8.25. The van der Waals surface area contributed by atoms with Crippen LogP contribution in [0.5, 0.6) is 0 Å². The molecule has 1 aliphatic rings. The zero-order chi connectivity index (χ0) is 30.6. The van der Waals surface area contributed by atoms with Crippen LogP contribution >= 0.6 is 0 Å². The molecule has 0 amide bonds. The van der Waals surface area contributed by atoms with Crippen LogP contribution < -0.4 is 4.90 Å². The maximum Gasteiger partial charge on any atom is 0.215 e. The standard InChI is InChI=1S/C42H30N4/c1-29-15-5-4-14-28-43-42(44(29)31-17-6-2-7-18-31)46-38-27-24-30-16-10-11-21-33(30)39(38)36-26-25-35-34-22-12-13-23-37(34)45(40(35)41(36)46)32-19-8-3-9-20-32/h2-27H,1,28H2/b14-4-,15-5-,43-42?. The number of fused-ring (bicyclic) bond motifs is 9. The molecule has 6 aromatic carbocycles. The predicted octanol–water partition coefficient (Wildman–Crippen LogP) is 10.4.